The number of carbonyl (C=O) groups is 1. The molecule has 0 aliphatic carbocycles. The van der Waals surface area contributed by atoms with Gasteiger partial charge in [0.2, 0.25) is 10.0 Å². The van der Waals surface area contributed by atoms with Crippen molar-refractivity contribution >= 4 is 27.5 Å². The number of sulfonamides is 1. The lowest BCUT2D eigenvalue weighted by atomic mass is 10.3. The van der Waals surface area contributed by atoms with Gasteiger partial charge in [0, 0.05) is 37.3 Å². The first-order valence-corrected chi connectivity index (χ1v) is 10.2. The van der Waals surface area contributed by atoms with Crippen LogP contribution < -0.4 is 4.74 Å². The molecule has 0 spiro atoms. The van der Waals surface area contributed by atoms with Crippen LogP contribution in [-0.4, -0.2) is 56.3 Å². The molecule has 0 saturated carbocycles. The van der Waals surface area contributed by atoms with E-state index in [9.17, 15) is 22.0 Å². The van der Waals surface area contributed by atoms with Crippen molar-refractivity contribution in [3.63, 3.8) is 0 Å². The van der Waals surface area contributed by atoms with Gasteiger partial charge in [-0.15, -0.1) is 0 Å². The predicted octanol–water partition coefficient (Wildman–Crippen LogP) is 2.53. The first-order chi connectivity index (χ1) is 13.3. The molecule has 0 atom stereocenters. The number of nitrogens with zero attached hydrogens (tertiary/aromatic N) is 2. The van der Waals surface area contributed by atoms with Gasteiger partial charge in [0.25, 0.3) is 5.91 Å². The van der Waals surface area contributed by atoms with Crippen molar-refractivity contribution in [1.29, 1.82) is 0 Å². The second-order valence-electron chi connectivity index (χ2n) is 6.10. The molecule has 3 rings (SSSR count). The third-order valence-electron chi connectivity index (χ3n) is 4.29. The van der Waals surface area contributed by atoms with E-state index in [1.165, 1.54) is 33.5 Å². The molecule has 1 heterocycles. The van der Waals surface area contributed by atoms with Crippen molar-refractivity contribution in [2.24, 2.45) is 0 Å². The lowest BCUT2D eigenvalue weighted by molar-refractivity contribution is -0.134. The molecule has 2 aromatic carbocycles. The smallest absolute Gasteiger partial charge is 0.260 e. The van der Waals surface area contributed by atoms with Crippen LogP contribution >= 0.6 is 11.6 Å². The molecule has 1 amide bonds. The van der Waals surface area contributed by atoms with Gasteiger partial charge in [-0.3, -0.25) is 4.79 Å². The number of ether oxygens (including phenoxy) is 1. The Morgan fingerprint density at radius 3 is 2.29 bits per heavy atom. The second kappa shape index (κ2) is 8.42. The van der Waals surface area contributed by atoms with Gasteiger partial charge < -0.3 is 9.64 Å². The summed E-state index contributed by atoms with van der Waals surface area (Å²) in [4.78, 5) is 13.8. The monoisotopic (exact) mass is 430 g/mol. The van der Waals surface area contributed by atoms with Gasteiger partial charge in [-0.1, -0.05) is 11.6 Å². The summed E-state index contributed by atoms with van der Waals surface area (Å²) >= 11 is 5.79. The SMILES string of the molecule is O=C(COc1ccc(F)cc1F)N1CCN(S(=O)(=O)c2ccc(Cl)cc2)CC1. The highest BCUT2D eigenvalue weighted by molar-refractivity contribution is 7.89. The average molecular weight is 431 g/mol. The highest BCUT2D eigenvalue weighted by Crippen LogP contribution is 2.20. The van der Waals surface area contributed by atoms with E-state index >= 15 is 0 Å². The zero-order valence-corrected chi connectivity index (χ0v) is 16.2. The van der Waals surface area contributed by atoms with Crippen molar-refractivity contribution in [3.05, 3.63) is 59.1 Å². The van der Waals surface area contributed by atoms with Crippen molar-refractivity contribution in [2.75, 3.05) is 32.8 Å². The van der Waals surface area contributed by atoms with E-state index in [4.69, 9.17) is 16.3 Å². The summed E-state index contributed by atoms with van der Waals surface area (Å²) in [6, 6.07) is 8.67. The fourth-order valence-electron chi connectivity index (χ4n) is 2.76. The standard InChI is InChI=1S/C18H17ClF2N2O4S/c19-13-1-4-15(5-2-13)28(25,26)23-9-7-22(8-10-23)18(24)12-27-17-6-3-14(20)11-16(17)21/h1-6,11H,7-10,12H2. The number of rotatable bonds is 5. The van der Waals surface area contributed by atoms with Crippen LogP contribution in [0.4, 0.5) is 8.78 Å². The normalized spacial score (nSPS) is 15.5. The lowest BCUT2D eigenvalue weighted by Gasteiger charge is -2.34. The van der Waals surface area contributed by atoms with Crippen LogP contribution in [0.25, 0.3) is 0 Å². The van der Waals surface area contributed by atoms with Gasteiger partial charge in [-0.25, -0.2) is 17.2 Å². The Hall–Kier alpha value is -2.23. The second-order valence-corrected chi connectivity index (χ2v) is 8.48. The van der Waals surface area contributed by atoms with E-state index in [2.05, 4.69) is 0 Å². The van der Waals surface area contributed by atoms with Gasteiger partial charge in [0.05, 0.1) is 4.90 Å². The third kappa shape index (κ3) is 4.60. The van der Waals surface area contributed by atoms with Crippen LogP contribution in [0.15, 0.2) is 47.4 Å². The van der Waals surface area contributed by atoms with E-state index in [0.29, 0.717) is 11.1 Å². The van der Waals surface area contributed by atoms with Crippen LogP contribution in [0.5, 0.6) is 5.75 Å². The van der Waals surface area contributed by atoms with Crippen molar-refractivity contribution in [2.45, 2.75) is 4.90 Å². The van der Waals surface area contributed by atoms with Crippen LogP contribution in [0.2, 0.25) is 5.02 Å². The minimum atomic E-state index is -3.67. The van der Waals surface area contributed by atoms with Crippen molar-refractivity contribution < 1.29 is 26.7 Å². The summed E-state index contributed by atoms with van der Waals surface area (Å²) < 4.78 is 58.1. The fraction of sp³-hybridized carbons (Fsp3) is 0.278. The van der Waals surface area contributed by atoms with Crippen LogP contribution in [0, 0.1) is 11.6 Å². The number of halogens is 3. The molecule has 28 heavy (non-hydrogen) atoms. The van der Waals surface area contributed by atoms with E-state index in [-0.39, 0.29) is 36.8 Å². The molecule has 0 bridgehead atoms. The van der Waals surface area contributed by atoms with Gasteiger partial charge in [0.15, 0.2) is 18.2 Å². The van der Waals surface area contributed by atoms with Crippen molar-refractivity contribution in [3.8, 4) is 5.75 Å². The summed E-state index contributed by atoms with van der Waals surface area (Å²) in [5.74, 6) is -2.27. The molecule has 1 saturated heterocycles. The summed E-state index contributed by atoms with van der Waals surface area (Å²) in [6.45, 7) is 0.192. The lowest BCUT2D eigenvalue weighted by Crippen LogP contribution is -2.51. The quantitative estimate of drug-likeness (QED) is 0.731. The molecular formula is C18H17ClF2N2O4S. The van der Waals surface area contributed by atoms with E-state index in [1.807, 2.05) is 0 Å². The molecule has 150 valence electrons. The number of hydrogen-bond acceptors (Lipinski definition) is 4. The Bertz CT molecular complexity index is 962. The minimum Gasteiger partial charge on any atom is -0.481 e. The predicted molar refractivity (Wildman–Crippen MR) is 98.6 cm³/mol. The molecular weight excluding hydrogens is 414 g/mol. The molecule has 0 N–H and O–H groups in total. The Morgan fingerprint density at radius 1 is 1.04 bits per heavy atom. The van der Waals surface area contributed by atoms with Gasteiger partial charge in [-0.2, -0.15) is 4.31 Å². The topological polar surface area (TPSA) is 66.9 Å². The molecule has 2 aromatic rings. The van der Waals surface area contributed by atoms with E-state index < -0.39 is 34.2 Å². The Morgan fingerprint density at radius 2 is 1.68 bits per heavy atom. The molecule has 6 nitrogen and oxygen atoms in total. The Balaban J connectivity index is 1.55. The number of piperazine rings is 1. The maximum atomic E-state index is 13.5. The number of amides is 1. The summed E-state index contributed by atoms with van der Waals surface area (Å²) in [6.07, 6.45) is 0. The third-order valence-corrected chi connectivity index (χ3v) is 6.45. The number of hydrogen-bond donors (Lipinski definition) is 0. The van der Waals surface area contributed by atoms with Gasteiger partial charge >= 0.3 is 0 Å². The fourth-order valence-corrected chi connectivity index (χ4v) is 4.30. The number of carbonyl (C=O) groups excluding carboxylic acids is 1. The van der Waals surface area contributed by atoms with Gasteiger partial charge in [-0.05, 0) is 36.4 Å². The maximum absolute atomic E-state index is 13.5. The van der Waals surface area contributed by atoms with E-state index in [0.717, 1.165) is 12.1 Å². The molecule has 10 heteroatoms. The van der Waals surface area contributed by atoms with Crippen LogP contribution in [-0.2, 0) is 14.8 Å². The average Bonchev–Trinajstić information content (AvgIpc) is 2.67. The first-order valence-electron chi connectivity index (χ1n) is 8.39. The van der Waals surface area contributed by atoms with Crippen LogP contribution in [0.3, 0.4) is 0 Å². The molecule has 1 aliphatic heterocycles. The molecule has 0 radical (unpaired) electrons. The van der Waals surface area contributed by atoms with Gasteiger partial charge in [0.1, 0.15) is 5.82 Å². The highest BCUT2D eigenvalue weighted by atomic mass is 35.5. The minimum absolute atomic E-state index is 0.127. The zero-order valence-electron chi connectivity index (χ0n) is 14.6. The number of benzene rings is 2. The molecule has 1 fully saturated rings. The largest absolute Gasteiger partial charge is 0.481 e. The summed E-state index contributed by atoms with van der Waals surface area (Å²) in [7, 11) is -3.67. The Labute approximate surface area is 166 Å². The molecule has 0 unspecified atom stereocenters. The molecule has 1 aliphatic rings. The first kappa shape index (κ1) is 20.5. The van der Waals surface area contributed by atoms with Crippen LogP contribution in [0.1, 0.15) is 0 Å². The summed E-state index contributed by atoms with van der Waals surface area (Å²) in [5.41, 5.74) is 0. The van der Waals surface area contributed by atoms with E-state index in [1.54, 1.807) is 0 Å². The van der Waals surface area contributed by atoms with Crippen molar-refractivity contribution in [1.82, 2.24) is 9.21 Å². The summed E-state index contributed by atoms with van der Waals surface area (Å²) in [5, 5.41) is 0.437. The highest BCUT2D eigenvalue weighted by Gasteiger charge is 2.30. The zero-order chi connectivity index (χ0) is 20.3. The maximum Gasteiger partial charge on any atom is 0.260 e. The Kier molecular flexibility index (Phi) is 6.17. The molecule has 0 aromatic heterocycles.